The van der Waals surface area contributed by atoms with Gasteiger partial charge in [0.2, 0.25) is 0 Å². The van der Waals surface area contributed by atoms with E-state index < -0.39 is 0 Å². The molecule has 0 radical (unpaired) electrons. The fourth-order valence-corrected chi connectivity index (χ4v) is 1.67. The van der Waals surface area contributed by atoms with E-state index >= 15 is 0 Å². The highest BCUT2D eigenvalue weighted by Gasteiger charge is 2.52. The zero-order chi connectivity index (χ0) is 7.23. The van der Waals surface area contributed by atoms with Crippen LogP contribution in [-0.2, 0) is 4.79 Å². The van der Waals surface area contributed by atoms with Crippen molar-refractivity contribution in [2.24, 2.45) is 11.3 Å². The number of carbonyl (C=O) groups is 1. The molecular weight excluding hydrogens is 136 g/mol. The van der Waals surface area contributed by atoms with Gasteiger partial charge < -0.3 is 0 Å². The molecule has 52 valence electrons. The van der Waals surface area contributed by atoms with Gasteiger partial charge in [-0.1, -0.05) is 20.8 Å². The van der Waals surface area contributed by atoms with Crippen molar-refractivity contribution in [1.82, 2.24) is 0 Å². The molecule has 0 N–H and O–H groups in total. The summed E-state index contributed by atoms with van der Waals surface area (Å²) in [6.45, 7) is 5.90. The Morgan fingerprint density at radius 1 is 1.56 bits per heavy atom. The minimum atomic E-state index is -0.222. The normalized spacial score (nSPS) is 40.2. The van der Waals surface area contributed by atoms with Gasteiger partial charge in [-0.15, -0.1) is 11.6 Å². The third-order valence-electron chi connectivity index (χ3n) is 2.46. The summed E-state index contributed by atoms with van der Waals surface area (Å²) in [6.07, 6.45) is 0. The van der Waals surface area contributed by atoms with Crippen LogP contribution in [0.1, 0.15) is 20.8 Å². The van der Waals surface area contributed by atoms with Crippen molar-refractivity contribution in [3.05, 3.63) is 0 Å². The summed E-state index contributed by atoms with van der Waals surface area (Å²) in [4.78, 5) is 11.0. The third-order valence-corrected chi connectivity index (χ3v) is 3.04. The first-order chi connectivity index (χ1) is 3.98. The lowest BCUT2D eigenvalue weighted by atomic mass is 9.62. The number of ketones is 1. The molecule has 0 spiro atoms. The monoisotopic (exact) mass is 146 g/mol. The number of hydrogen-bond donors (Lipinski definition) is 0. The molecule has 2 atom stereocenters. The fraction of sp³-hybridized carbons (Fsp3) is 0.857. The molecule has 1 rings (SSSR count). The Morgan fingerprint density at radius 3 is 2.11 bits per heavy atom. The topological polar surface area (TPSA) is 17.1 Å². The van der Waals surface area contributed by atoms with Crippen molar-refractivity contribution in [1.29, 1.82) is 0 Å². The van der Waals surface area contributed by atoms with E-state index in [1.807, 2.05) is 20.8 Å². The van der Waals surface area contributed by atoms with Crippen LogP contribution in [0.5, 0.6) is 0 Å². The lowest BCUT2D eigenvalue weighted by Crippen LogP contribution is -2.54. The summed E-state index contributed by atoms with van der Waals surface area (Å²) in [5.74, 6) is 0.531. The SMILES string of the molecule is CC1C(Cl)C(=O)C1(C)C. The van der Waals surface area contributed by atoms with Crippen LogP contribution in [0, 0.1) is 11.3 Å². The van der Waals surface area contributed by atoms with Crippen LogP contribution in [-0.4, -0.2) is 11.2 Å². The van der Waals surface area contributed by atoms with Crippen LogP contribution < -0.4 is 0 Å². The number of hydrogen-bond acceptors (Lipinski definition) is 1. The molecule has 1 nitrogen and oxygen atoms in total. The van der Waals surface area contributed by atoms with Crippen LogP contribution in [0.25, 0.3) is 0 Å². The maximum absolute atomic E-state index is 11.0. The molecule has 0 heterocycles. The van der Waals surface area contributed by atoms with Gasteiger partial charge in [-0.3, -0.25) is 4.79 Å². The van der Waals surface area contributed by atoms with Gasteiger partial charge in [0.05, 0.1) is 5.38 Å². The molecule has 0 amide bonds. The number of halogens is 1. The van der Waals surface area contributed by atoms with Gasteiger partial charge in [-0.25, -0.2) is 0 Å². The molecule has 1 aliphatic carbocycles. The van der Waals surface area contributed by atoms with Crippen molar-refractivity contribution in [3.8, 4) is 0 Å². The van der Waals surface area contributed by atoms with Crippen LogP contribution in [0.4, 0.5) is 0 Å². The second kappa shape index (κ2) is 1.72. The van der Waals surface area contributed by atoms with Crippen molar-refractivity contribution >= 4 is 17.4 Å². The standard InChI is InChI=1S/C7H11ClO/c1-4-5(8)6(9)7(4,2)3/h4-5H,1-3H3. The fourth-order valence-electron chi connectivity index (χ4n) is 1.08. The summed E-state index contributed by atoms with van der Waals surface area (Å²) in [5.41, 5.74) is -0.160. The van der Waals surface area contributed by atoms with Gasteiger partial charge in [-0.2, -0.15) is 0 Å². The summed E-state index contributed by atoms with van der Waals surface area (Å²) in [7, 11) is 0. The molecule has 2 unspecified atom stereocenters. The minimum Gasteiger partial charge on any atom is -0.297 e. The highest BCUT2D eigenvalue weighted by molar-refractivity contribution is 6.34. The Balaban J connectivity index is 2.73. The maximum Gasteiger partial charge on any atom is 0.156 e. The van der Waals surface area contributed by atoms with Gasteiger partial charge in [0.1, 0.15) is 0 Å². The van der Waals surface area contributed by atoms with Crippen molar-refractivity contribution < 1.29 is 4.79 Å². The molecule has 0 bridgehead atoms. The Morgan fingerprint density at radius 2 is 2.00 bits per heavy atom. The first-order valence-electron chi connectivity index (χ1n) is 3.16. The second-order valence-electron chi connectivity index (χ2n) is 3.28. The highest BCUT2D eigenvalue weighted by Crippen LogP contribution is 2.45. The van der Waals surface area contributed by atoms with E-state index in [0.29, 0.717) is 5.92 Å². The van der Waals surface area contributed by atoms with Crippen LogP contribution >= 0.6 is 11.6 Å². The third kappa shape index (κ3) is 0.710. The molecule has 9 heavy (non-hydrogen) atoms. The Kier molecular flexibility index (Phi) is 1.35. The first-order valence-corrected chi connectivity index (χ1v) is 3.60. The van der Waals surface area contributed by atoms with E-state index in [0.717, 1.165) is 0 Å². The van der Waals surface area contributed by atoms with Crippen molar-refractivity contribution in [2.45, 2.75) is 26.1 Å². The van der Waals surface area contributed by atoms with Gasteiger partial charge in [0.25, 0.3) is 0 Å². The van der Waals surface area contributed by atoms with Gasteiger partial charge >= 0.3 is 0 Å². The highest BCUT2D eigenvalue weighted by atomic mass is 35.5. The van der Waals surface area contributed by atoms with E-state index in [-0.39, 0.29) is 16.6 Å². The predicted molar refractivity (Wildman–Crippen MR) is 37.6 cm³/mol. The van der Waals surface area contributed by atoms with E-state index in [9.17, 15) is 4.79 Å². The lowest BCUT2D eigenvalue weighted by Gasteiger charge is -2.44. The number of alkyl halides is 1. The van der Waals surface area contributed by atoms with E-state index in [1.165, 1.54) is 0 Å². The van der Waals surface area contributed by atoms with Crippen LogP contribution in [0.3, 0.4) is 0 Å². The van der Waals surface area contributed by atoms with E-state index in [1.54, 1.807) is 0 Å². The Bertz CT molecular complexity index is 151. The summed E-state index contributed by atoms with van der Waals surface area (Å²) < 4.78 is 0. The lowest BCUT2D eigenvalue weighted by molar-refractivity contribution is -0.140. The zero-order valence-electron chi connectivity index (χ0n) is 5.94. The number of rotatable bonds is 0. The van der Waals surface area contributed by atoms with Crippen molar-refractivity contribution in [3.63, 3.8) is 0 Å². The summed E-state index contributed by atoms with van der Waals surface area (Å²) in [6, 6.07) is 0. The van der Waals surface area contributed by atoms with Crippen LogP contribution in [0.15, 0.2) is 0 Å². The average Bonchev–Trinajstić information content (AvgIpc) is 1.84. The molecule has 1 saturated carbocycles. The molecule has 2 heteroatoms. The zero-order valence-corrected chi connectivity index (χ0v) is 6.70. The molecule has 1 fully saturated rings. The average molecular weight is 147 g/mol. The molecule has 0 aromatic carbocycles. The number of Topliss-reactive ketones (excluding diaryl/α,β-unsaturated/α-hetero) is 1. The predicted octanol–water partition coefficient (Wildman–Crippen LogP) is 1.84. The smallest absolute Gasteiger partial charge is 0.156 e. The molecule has 0 aromatic rings. The van der Waals surface area contributed by atoms with Gasteiger partial charge in [0, 0.05) is 5.41 Å². The second-order valence-corrected chi connectivity index (χ2v) is 3.75. The quantitative estimate of drug-likeness (QED) is 0.477. The maximum atomic E-state index is 11.0. The van der Waals surface area contributed by atoms with E-state index in [2.05, 4.69) is 0 Å². The molecular formula is C7H11ClO. The van der Waals surface area contributed by atoms with E-state index in [4.69, 9.17) is 11.6 Å². The van der Waals surface area contributed by atoms with Gasteiger partial charge in [-0.05, 0) is 5.92 Å². The van der Waals surface area contributed by atoms with Gasteiger partial charge in [0.15, 0.2) is 5.78 Å². The summed E-state index contributed by atoms with van der Waals surface area (Å²) >= 11 is 5.68. The largest absolute Gasteiger partial charge is 0.297 e. The molecule has 1 aliphatic rings. The Labute approximate surface area is 60.4 Å². The molecule has 0 aliphatic heterocycles. The molecule has 0 saturated heterocycles. The van der Waals surface area contributed by atoms with Crippen molar-refractivity contribution in [2.75, 3.05) is 0 Å². The summed E-state index contributed by atoms with van der Waals surface area (Å²) in [5, 5.41) is -0.222. The minimum absolute atomic E-state index is 0.160. The first kappa shape index (κ1) is 7.07. The Hall–Kier alpha value is -0.0400. The van der Waals surface area contributed by atoms with Crippen LogP contribution in [0.2, 0.25) is 0 Å². The molecule has 0 aromatic heterocycles. The number of carbonyl (C=O) groups excluding carboxylic acids is 1.